The summed E-state index contributed by atoms with van der Waals surface area (Å²) in [4.78, 5) is 25.0. The summed E-state index contributed by atoms with van der Waals surface area (Å²) in [5.74, 6) is -1.71. The molecule has 0 aliphatic heterocycles. The third-order valence-corrected chi connectivity index (χ3v) is 5.74. The number of esters is 2. The average Bonchev–Trinajstić information content (AvgIpc) is 2.82. The molecule has 0 aliphatic carbocycles. The summed E-state index contributed by atoms with van der Waals surface area (Å²) in [6.07, 6.45) is 0.587. The van der Waals surface area contributed by atoms with E-state index in [9.17, 15) is 18.0 Å². The van der Waals surface area contributed by atoms with Crippen LogP contribution in [0.1, 0.15) is 37.4 Å². The van der Waals surface area contributed by atoms with Crippen LogP contribution in [0.5, 0.6) is 5.75 Å². The SMILES string of the molecule is [B]Cc1cc(C[B])c(OC(=O)c2ccc3cc(C(=O)OCCS(=O)(=O)O)ccc3c2)c(C[B])c1. The second-order valence-electron chi connectivity index (χ2n) is 7.44. The van der Waals surface area contributed by atoms with E-state index in [4.69, 9.17) is 37.6 Å². The quantitative estimate of drug-likeness (QED) is 0.220. The number of carbonyl (C=O) groups is 2. The van der Waals surface area contributed by atoms with E-state index in [2.05, 4.69) is 0 Å². The molecule has 0 atom stereocenters. The summed E-state index contributed by atoms with van der Waals surface area (Å²) in [6, 6.07) is 13.0. The normalized spacial score (nSPS) is 11.3. The maximum Gasteiger partial charge on any atom is 0.343 e. The van der Waals surface area contributed by atoms with Gasteiger partial charge in [-0.2, -0.15) is 8.42 Å². The molecule has 0 spiro atoms. The largest absolute Gasteiger partial charge is 0.461 e. The van der Waals surface area contributed by atoms with Gasteiger partial charge < -0.3 is 9.47 Å². The van der Waals surface area contributed by atoms with Crippen molar-refractivity contribution in [3.63, 3.8) is 0 Å². The van der Waals surface area contributed by atoms with Crippen molar-refractivity contribution in [3.8, 4) is 5.75 Å². The smallest absolute Gasteiger partial charge is 0.343 e. The van der Waals surface area contributed by atoms with E-state index in [1.165, 1.54) is 6.07 Å². The van der Waals surface area contributed by atoms with Crippen molar-refractivity contribution >= 4 is 56.4 Å². The third kappa shape index (κ3) is 6.30. The van der Waals surface area contributed by atoms with Crippen molar-refractivity contribution in [2.75, 3.05) is 12.4 Å². The molecular formula is C23H19B3O7S. The van der Waals surface area contributed by atoms with Crippen LogP contribution in [0.15, 0.2) is 48.5 Å². The predicted molar refractivity (Wildman–Crippen MR) is 130 cm³/mol. The zero-order chi connectivity index (χ0) is 24.9. The molecule has 11 heteroatoms. The number of benzene rings is 3. The molecule has 3 aromatic rings. The Morgan fingerprint density at radius 1 is 0.794 bits per heavy atom. The average molecular weight is 472 g/mol. The minimum atomic E-state index is -4.23. The molecule has 1 N–H and O–H groups in total. The van der Waals surface area contributed by atoms with Gasteiger partial charge in [0.1, 0.15) is 18.1 Å². The second kappa shape index (κ2) is 10.9. The molecule has 0 saturated heterocycles. The van der Waals surface area contributed by atoms with Gasteiger partial charge in [0.2, 0.25) is 0 Å². The highest BCUT2D eigenvalue weighted by atomic mass is 32.2. The van der Waals surface area contributed by atoms with E-state index >= 15 is 0 Å². The molecular weight excluding hydrogens is 453 g/mol. The van der Waals surface area contributed by atoms with Crippen LogP contribution in [0.2, 0.25) is 0 Å². The molecule has 168 valence electrons. The van der Waals surface area contributed by atoms with Crippen molar-refractivity contribution < 1.29 is 32.0 Å². The van der Waals surface area contributed by atoms with Gasteiger partial charge in [-0.3, -0.25) is 4.55 Å². The molecule has 0 bridgehead atoms. The van der Waals surface area contributed by atoms with Crippen molar-refractivity contribution in [2.24, 2.45) is 0 Å². The van der Waals surface area contributed by atoms with Crippen LogP contribution < -0.4 is 4.74 Å². The van der Waals surface area contributed by atoms with Gasteiger partial charge in [0.05, 0.1) is 34.7 Å². The summed E-state index contributed by atoms with van der Waals surface area (Å²) < 4.78 is 40.7. The molecule has 6 radical (unpaired) electrons. The van der Waals surface area contributed by atoms with E-state index in [1.807, 2.05) is 0 Å². The Kier molecular flexibility index (Phi) is 8.22. The zero-order valence-electron chi connectivity index (χ0n) is 18.2. The fourth-order valence-electron chi connectivity index (χ4n) is 3.35. The fraction of sp³-hybridized carbons (Fsp3) is 0.217. The van der Waals surface area contributed by atoms with Gasteiger partial charge in [0.15, 0.2) is 0 Å². The minimum absolute atomic E-state index is 0.143. The highest BCUT2D eigenvalue weighted by Crippen LogP contribution is 2.28. The van der Waals surface area contributed by atoms with E-state index < -0.39 is 34.4 Å². The van der Waals surface area contributed by atoms with Crippen LogP contribution in [-0.2, 0) is 33.8 Å². The van der Waals surface area contributed by atoms with Crippen molar-refractivity contribution in [3.05, 3.63) is 76.3 Å². The molecule has 3 rings (SSSR count). The Balaban J connectivity index is 1.80. The van der Waals surface area contributed by atoms with E-state index in [0.717, 1.165) is 5.56 Å². The van der Waals surface area contributed by atoms with Gasteiger partial charge in [-0.25, -0.2) is 9.59 Å². The Bertz CT molecular complexity index is 1310. The molecule has 0 fully saturated rings. The Morgan fingerprint density at radius 3 is 1.79 bits per heavy atom. The minimum Gasteiger partial charge on any atom is -0.461 e. The molecule has 0 saturated carbocycles. The Labute approximate surface area is 201 Å². The van der Waals surface area contributed by atoms with E-state index in [0.29, 0.717) is 34.0 Å². The van der Waals surface area contributed by atoms with Crippen LogP contribution >= 0.6 is 0 Å². The summed E-state index contributed by atoms with van der Waals surface area (Å²) in [7, 11) is 13.1. The number of carbonyl (C=O) groups excluding carboxylic acids is 2. The first-order chi connectivity index (χ1) is 16.1. The highest BCUT2D eigenvalue weighted by molar-refractivity contribution is 7.85. The number of fused-ring (bicyclic) bond motifs is 1. The lowest BCUT2D eigenvalue weighted by atomic mass is 9.85. The molecule has 3 aromatic carbocycles. The Hall–Kier alpha value is -3.04. The highest BCUT2D eigenvalue weighted by Gasteiger charge is 2.17. The van der Waals surface area contributed by atoms with E-state index in [-0.39, 0.29) is 23.8 Å². The topological polar surface area (TPSA) is 107 Å². The lowest BCUT2D eigenvalue weighted by Gasteiger charge is -2.16. The van der Waals surface area contributed by atoms with Crippen LogP contribution in [-0.4, -0.2) is 60.8 Å². The van der Waals surface area contributed by atoms with Gasteiger partial charge in [-0.05, 0) is 46.2 Å². The summed E-state index contributed by atoms with van der Waals surface area (Å²) >= 11 is 0. The maximum atomic E-state index is 12.9. The number of hydrogen-bond donors (Lipinski definition) is 1. The first-order valence-corrected chi connectivity index (χ1v) is 11.9. The molecule has 0 aliphatic rings. The first kappa shape index (κ1) is 25.6. The number of ether oxygens (including phenoxy) is 2. The third-order valence-electron chi connectivity index (χ3n) is 5.06. The van der Waals surface area contributed by atoms with Gasteiger partial charge in [-0.1, -0.05) is 48.8 Å². The van der Waals surface area contributed by atoms with Crippen LogP contribution in [0, 0.1) is 0 Å². The molecule has 0 heterocycles. The molecule has 7 nitrogen and oxygen atoms in total. The lowest BCUT2D eigenvalue weighted by molar-refractivity contribution is 0.0528. The first-order valence-electron chi connectivity index (χ1n) is 10.3. The molecule has 0 aromatic heterocycles. The van der Waals surface area contributed by atoms with Crippen molar-refractivity contribution in [1.82, 2.24) is 0 Å². The van der Waals surface area contributed by atoms with Crippen LogP contribution in [0.3, 0.4) is 0 Å². The van der Waals surface area contributed by atoms with Gasteiger partial charge >= 0.3 is 11.9 Å². The molecule has 0 unspecified atom stereocenters. The fourth-order valence-corrected chi connectivity index (χ4v) is 3.65. The Morgan fingerprint density at radius 2 is 1.32 bits per heavy atom. The summed E-state index contributed by atoms with van der Waals surface area (Å²) in [5.41, 5.74) is 2.55. The van der Waals surface area contributed by atoms with Crippen LogP contribution in [0.4, 0.5) is 0 Å². The summed E-state index contributed by atoms with van der Waals surface area (Å²) in [5, 5.41) is 1.32. The lowest BCUT2D eigenvalue weighted by Crippen LogP contribution is -2.14. The second-order valence-corrected chi connectivity index (χ2v) is 9.02. The predicted octanol–water partition coefficient (Wildman–Crippen LogP) is 2.11. The van der Waals surface area contributed by atoms with Crippen molar-refractivity contribution in [1.29, 1.82) is 0 Å². The monoisotopic (exact) mass is 472 g/mol. The van der Waals surface area contributed by atoms with Gasteiger partial charge in [0.25, 0.3) is 10.1 Å². The number of hydrogen-bond acceptors (Lipinski definition) is 6. The zero-order valence-corrected chi connectivity index (χ0v) is 19.0. The van der Waals surface area contributed by atoms with Crippen LogP contribution in [0.25, 0.3) is 10.8 Å². The number of rotatable bonds is 9. The maximum absolute atomic E-state index is 12.9. The van der Waals surface area contributed by atoms with Gasteiger partial charge in [-0.15, -0.1) is 0 Å². The molecule has 0 amide bonds. The van der Waals surface area contributed by atoms with Gasteiger partial charge in [0, 0.05) is 0 Å². The summed E-state index contributed by atoms with van der Waals surface area (Å²) in [6.45, 7) is -0.470. The standard InChI is InChI=1S/C23H19B3O7S/c24-11-14-7-19(12-25)21(20(8-14)13-26)33-23(28)18-4-2-15-9-17(3-1-16(15)10-18)22(27)32-5-6-34(29,30)31/h1-4,7-10H,5-6,11-13H2,(H,29,30,31). The van der Waals surface area contributed by atoms with E-state index in [1.54, 1.807) is 42.5 Å². The van der Waals surface area contributed by atoms with Crippen molar-refractivity contribution in [2.45, 2.75) is 19.0 Å². The molecule has 34 heavy (non-hydrogen) atoms.